The van der Waals surface area contributed by atoms with Crippen LogP contribution >= 0.6 is 0 Å². The summed E-state index contributed by atoms with van der Waals surface area (Å²) in [6.07, 6.45) is 0. The first-order chi connectivity index (χ1) is 8.01. The van der Waals surface area contributed by atoms with Crippen molar-refractivity contribution in [3.8, 4) is 5.75 Å². The molecule has 0 aliphatic rings. The molecular weight excluding hydrogens is 221 g/mol. The van der Waals surface area contributed by atoms with Gasteiger partial charge in [-0.1, -0.05) is 19.9 Å². The van der Waals surface area contributed by atoms with Gasteiger partial charge in [-0.25, -0.2) is 4.39 Å². The molecule has 0 unspecified atom stereocenters. The van der Waals surface area contributed by atoms with E-state index in [2.05, 4.69) is 5.32 Å². The summed E-state index contributed by atoms with van der Waals surface area (Å²) in [4.78, 5) is 0. The quantitative estimate of drug-likeness (QED) is 0.745. The molecule has 0 fully saturated rings. The van der Waals surface area contributed by atoms with E-state index in [1.54, 1.807) is 6.07 Å². The highest BCUT2D eigenvalue weighted by molar-refractivity contribution is 5.33. The molecule has 1 aromatic rings. The second-order valence-electron chi connectivity index (χ2n) is 4.63. The van der Waals surface area contributed by atoms with Gasteiger partial charge in [0.25, 0.3) is 0 Å². The normalized spacial score (nSPS) is 11.6. The zero-order valence-corrected chi connectivity index (χ0v) is 10.6. The Morgan fingerprint density at radius 1 is 1.41 bits per heavy atom. The van der Waals surface area contributed by atoms with Crippen LogP contribution < -0.4 is 10.1 Å². The number of rotatable bonds is 6. The number of methoxy groups -OCH3 is 1. The topological polar surface area (TPSA) is 41.5 Å². The van der Waals surface area contributed by atoms with Crippen LogP contribution in [0.3, 0.4) is 0 Å². The van der Waals surface area contributed by atoms with Gasteiger partial charge in [0.15, 0.2) is 11.6 Å². The minimum atomic E-state index is -0.347. The fourth-order valence-electron chi connectivity index (χ4n) is 1.67. The molecule has 0 atom stereocenters. The molecule has 1 rings (SSSR count). The molecule has 0 amide bonds. The fourth-order valence-corrected chi connectivity index (χ4v) is 1.67. The maximum absolute atomic E-state index is 13.6. The number of ether oxygens (including phenoxy) is 1. The molecule has 0 bridgehead atoms. The van der Waals surface area contributed by atoms with Crippen molar-refractivity contribution >= 4 is 0 Å². The first-order valence-electron chi connectivity index (χ1n) is 5.67. The van der Waals surface area contributed by atoms with Gasteiger partial charge < -0.3 is 15.2 Å². The Balaban J connectivity index is 2.80. The second kappa shape index (κ2) is 5.98. The van der Waals surface area contributed by atoms with Gasteiger partial charge in [-0.3, -0.25) is 0 Å². The number of hydrogen-bond acceptors (Lipinski definition) is 3. The fraction of sp³-hybridized carbons (Fsp3) is 0.538. The zero-order chi connectivity index (χ0) is 12.9. The molecule has 0 saturated carbocycles. The van der Waals surface area contributed by atoms with E-state index >= 15 is 0 Å². The minimum absolute atomic E-state index is 0.104. The van der Waals surface area contributed by atoms with E-state index < -0.39 is 0 Å². The number of aliphatic hydroxyl groups excluding tert-OH is 1. The molecule has 1 aromatic carbocycles. The van der Waals surface area contributed by atoms with Crippen molar-refractivity contribution in [2.45, 2.75) is 19.3 Å². The molecule has 0 saturated heterocycles. The first kappa shape index (κ1) is 13.9. The highest BCUT2D eigenvalue weighted by Gasteiger charge is 2.21. The van der Waals surface area contributed by atoms with Crippen molar-refractivity contribution in [1.29, 1.82) is 0 Å². The monoisotopic (exact) mass is 241 g/mol. The Kier molecular flexibility index (Phi) is 4.90. The molecule has 96 valence electrons. The third kappa shape index (κ3) is 3.68. The molecule has 3 nitrogen and oxygen atoms in total. The highest BCUT2D eigenvalue weighted by Crippen LogP contribution is 2.26. The van der Waals surface area contributed by atoms with Crippen LogP contribution in [0.4, 0.5) is 4.39 Å². The van der Waals surface area contributed by atoms with E-state index in [-0.39, 0.29) is 23.6 Å². The second-order valence-corrected chi connectivity index (χ2v) is 4.63. The lowest BCUT2D eigenvalue weighted by Gasteiger charge is -2.26. The predicted octanol–water partition coefficient (Wildman–Crippen LogP) is 1.69. The van der Waals surface area contributed by atoms with Gasteiger partial charge in [0.2, 0.25) is 0 Å². The van der Waals surface area contributed by atoms with Crippen LogP contribution in [-0.4, -0.2) is 31.9 Å². The Bertz CT molecular complexity index is 366. The molecule has 0 spiro atoms. The van der Waals surface area contributed by atoms with Crippen molar-refractivity contribution in [3.05, 3.63) is 29.6 Å². The largest absolute Gasteiger partial charge is 0.494 e. The lowest BCUT2D eigenvalue weighted by Crippen LogP contribution is -2.34. The van der Waals surface area contributed by atoms with E-state index in [4.69, 9.17) is 9.84 Å². The van der Waals surface area contributed by atoms with Crippen LogP contribution in [-0.2, 0) is 5.41 Å². The van der Waals surface area contributed by atoms with Crippen molar-refractivity contribution in [2.75, 3.05) is 26.8 Å². The Labute approximate surface area is 102 Å². The third-order valence-corrected chi connectivity index (χ3v) is 2.79. The van der Waals surface area contributed by atoms with Crippen LogP contribution in [0.5, 0.6) is 5.75 Å². The molecular formula is C13H20FNO2. The molecule has 0 heterocycles. The van der Waals surface area contributed by atoms with Crippen LogP contribution in [0, 0.1) is 5.82 Å². The van der Waals surface area contributed by atoms with Gasteiger partial charge in [0.05, 0.1) is 13.7 Å². The summed E-state index contributed by atoms with van der Waals surface area (Å²) in [6, 6.07) is 5.00. The standard InChI is InChI=1S/C13H20FNO2/c1-13(2,9-15-6-7-16)10-4-5-12(17-3)11(14)8-10/h4-5,8,15-16H,6-7,9H2,1-3H3. The number of hydrogen-bond donors (Lipinski definition) is 2. The summed E-state index contributed by atoms with van der Waals surface area (Å²) in [6.45, 7) is 5.38. The Morgan fingerprint density at radius 2 is 2.12 bits per heavy atom. The van der Waals surface area contributed by atoms with Crippen LogP contribution in [0.1, 0.15) is 19.4 Å². The van der Waals surface area contributed by atoms with Crippen molar-refractivity contribution < 1.29 is 14.2 Å². The maximum Gasteiger partial charge on any atom is 0.165 e. The predicted molar refractivity (Wildman–Crippen MR) is 65.9 cm³/mol. The third-order valence-electron chi connectivity index (χ3n) is 2.79. The molecule has 0 aliphatic heterocycles. The average Bonchev–Trinajstić information content (AvgIpc) is 2.29. The van der Waals surface area contributed by atoms with Crippen molar-refractivity contribution in [2.24, 2.45) is 0 Å². The molecule has 0 radical (unpaired) electrons. The SMILES string of the molecule is COc1ccc(C(C)(C)CNCCO)cc1F. The Morgan fingerprint density at radius 3 is 2.65 bits per heavy atom. The zero-order valence-electron chi connectivity index (χ0n) is 10.6. The van der Waals surface area contributed by atoms with E-state index in [1.807, 2.05) is 19.9 Å². The van der Waals surface area contributed by atoms with Gasteiger partial charge in [-0.2, -0.15) is 0 Å². The van der Waals surface area contributed by atoms with Crippen LogP contribution in [0.15, 0.2) is 18.2 Å². The van der Waals surface area contributed by atoms with E-state index in [9.17, 15) is 4.39 Å². The van der Waals surface area contributed by atoms with E-state index in [0.717, 1.165) is 5.56 Å². The molecule has 0 aromatic heterocycles. The smallest absolute Gasteiger partial charge is 0.165 e. The summed E-state index contributed by atoms with van der Waals surface area (Å²) in [7, 11) is 1.45. The molecule has 4 heteroatoms. The van der Waals surface area contributed by atoms with Gasteiger partial charge in [-0.05, 0) is 17.7 Å². The lowest BCUT2D eigenvalue weighted by molar-refractivity contribution is 0.286. The molecule has 17 heavy (non-hydrogen) atoms. The van der Waals surface area contributed by atoms with Crippen LogP contribution in [0.2, 0.25) is 0 Å². The van der Waals surface area contributed by atoms with Crippen LogP contribution in [0.25, 0.3) is 0 Å². The van der Waals surface area contributed by atoms with Gasteiger partial charge in [0, 0.05) is 18.5 Å². The van der Waals surface area contributed by atoms with Crippen molar-refractivity contribution in [3.63, 3.8) is 0 Å². The minimum Gasteiger partial charge on any atom is -0.494 e. The summed E-state index contributed by atoms with van der Waals surface area (Å²) in [5.74, 6) is -0.0897. The number of aliphatic hydroxyl groups is 1. The number of halogens is 1. The summed E-state index contributed by atoms with van der Waals surface area (Å²) >= 11 is 0. The summed E-state index contributed by atoms with van der Waals surface area (Å²) in [5, 5.41) is 11.8. The highest BCUT2D eigenvalue weighted by atomic mass is 19.1. The molecule has 0 aliphatic carbocycles. The summed E-state index contributed by atoms with van der Waals surface area (Å²) < 4.78 is 18.5. The average molecular weight is 241 g/mol. The Hall–Kier alpha value is -1.13. The maximum atomic E-state index is 13.6. The van der Waals surface area contributed by atoms with Gasteiger partial charge in [-0.15, -0.1) is 0 Å². The first-order valence-corrected chi connectivity index (χ1v) is 5.67. The lowest BCUT2D eigenvalue weighted by atomic mass is 9.84. The number of nitrogens with one attached hydrogen (secondary N) is 1. The van der Waals surface area contributed by atoms with Crippen molar-refractivity contribution in [1.82, 2.24) is 5.32 Å². The molecule has 2 N–H and O–H groups in total. The van der Waals surface area contributed by atoms with Gasteiger partial charge >= 0.3 is 0 Å². The van der Waals surface area contributed by atoms with E-state index in [1.165, 1.54) is 13.2 Å². The summed E-state index contributed by atoms with van der Waals surface area (Å²) in [5.41, 5.74) is 0.712. The van der Waals surface area contributed by atoms with E-state index in [0.29, 0.717) is 13.1 Å². The van der Waals surface area contributed by atoms with Gasteiger partial charge in [0.1, 0.15) is 0 Å². The number of benzene rings is 1.